The molecule has 2 nitrogen and oxygen atoms in total. The number of fused-ring (bicyclic) bond motifs is 11. The number of hydrogen-bond acceptors (Lipinski definition) is 3. The Bertz CT molecular complexity index is 3770. The van der Waals surface area contributed by atoms with Gasteiger partial charge in [-0.2, -0.15) is 0 Å². The SMILES string of the molecule is c1ccc(-c2sc3ccc4c(oc5cccc(-c6c7ccccc7c(-c7ccc8oc9cc%10ccccc%10cc9c8c7)c7ccccc67)c54)c3c2-c2ccccc2)cc1. The van der Waals surface area contributed by atoms with E-state index >= 15 is 0 Å². The quantitative estimate of drug-likeness (QED) is 0.167. The van der Waals surface area contributed by atoms with E-state index in [9.17, 15) is 0 Å². The molecule has 3 heterocycles. The third-order valence-corrected chi connectivity index (χ3v) is 13.4. The molecule has 0 aliphatic carbocycles. The molecule has 0 bridgehead atoms. The summed E-state index contributed by atoms with van der Waals surface area (Å²) in [6, 6.07) is 70.1. The maximum atomic E-state index is 7.05. The van der Waals surface area contributed by atoms with Gasteiger partial charge in [0.2, 0.25) is 0 Å². The Morgan fingerprint density at radius 1 is 0.322 bits per heavy atom. The molecule has 0 fully saturated rings. The van der Waals surface area contributed by atoms with Crippen LogP contribution >= 0.6 is 11.3 Å². The Hall–Kier alpha value is -7.46. The van der Waals surface area contributed by atoms with E-state index in [1.165, 1.54) is 86.2 Å². The fraction of sp³-hybridized carbons (Fsp3) is 0. The van der Waals surface area contributed by atoms with Gasteiger partial charge in [0, 0.05) is 42.1 Å². The Kier molecular flexibility index (Phi) is 6.92. The molecule has 0 saturated heterocycles. The molecule has 13 aromatic rings. The predicted octanol–water partition coefficient (Wildman–Crippen LogP) is 16.8. The average Bonchev–Trinajstić information content (AvgIpc) is 3.99. The van der Waals surface area contributed by atoms with Crippen molar-refractivity contribution in [2.24, 2.45) is 0 Å². The van der Waals surface area contributed by atoms with Gasteiger partial charge < -0.3 is 8.83 Å². The molecular weight excluding hydrogens is 737 g/mol. The monoisotopic (exact) mass is 768 g/mol. The molecule has 0 aliphatic rings. The molecule has 0 atom stereocenters. The lowest BCUT2D eigenvalue weighted by atomic mass is 9.84. The third kappa shape index (κ3) is 4.80. The highest BCUT2D eigenvalue weighted by Gasteiger charge is 2.24. The van der Waals surface area contributed by atoms with Crippen LogP contribution in [0.15, 0.2) is 203 Å². The lowest BCUT2D eigenvalue weighted by Gasteiger charge is -2.18. The number of benzene rings is 10. The Morgan fingerprint density at radius 2 is 0.949 bits per heavy atom. The van der Waals surface area contributed by atoms with Gasteiger partial charge in [-0.25, -0.2) is 0 Å². The summed E-state index contributed by atoms with van der Waals surface area (Å²) in [6.07, 6.45) is 0. The van der Waals surface area contributed by atoms with Crippen LogP contribution in [-0.4, -0.2) is 0 Å². The van der Waals surface area contributed by atoms with Crippen molar-refractivity contribution in [2.75, 3.05) is 0 Å². The minimum absolute atomic E-state index is 0.888. The second-order valence-electron chi connectivity index (χ2n) is 15.5. The normalized spacial score (nSPS) is 12.1. The summed E-state index contributed by atoms with van der Waals surface area (Å²) in [5.74, 6) is 0. The molecule has 59 heavy (non-hydrogen) atoms. The first-order chi connectivity index (χ1) is 29.3. The molecule has 0 aliphatic heterocycles. The molecule has 3 aromatic heterocycles. The maximum absolute atomic E-state index is 7.05. The number of thiophene rings is 1. The van der Waals surface area contributed by atoms with Gasteiger partial charge in [-0.05, 0) is 108 Å². The summed E-state index contributed by atoms with van der Waals surface area (Å²) in [4.78, 5) is 1.25. The predicted molar refractivity (Wildman–Crippen MR) is 251 cm³/mol. The number of furan rings is 2. The molecule has 3 heteroatoms. The summed E-state index contributed by atoms with van der Waals surface area (Å²) < 4.78 is 14.7. The zero-order valence-corrected chi connectivity index (χ0v) is 32.5. The van der Waals surface area contributed by atoms with E-state index in [0.717, 1.165) is 43.9 Å². The molecule has 0 N–H and O–H groups in total. The van der Waals surface area contributed by atoms with E-state index in [4.69, 9.17) is 8.83 Å². The lowest BCUT2D eigenvalue weighted by Crippen LogP contribution is -1.91. The van der Waals surface area contributed by atoms with E-state index in [1.54, 1.807) is 0 Å². The van der Waals surface area contributed by atoms with Gasteiger partial charge in [-0.1, -0.05) is 152 Å². The molecule has 10 aromatic carbocycles. The average molecular weight is 769 g/mol. The van der Waals surface area contributed by atoms with Crippen molar-refractivity contribution >= 4 is 97.6 Å². The summed E-state index contributed by atoms with van der Waals surface area (Å²) in [5.41, 5.74) is 12.0. The van der Waals surface area contributed by atoms with Crippen molar-refractivity contribution in [1.29, 1.82) is 0 Å². The van der Waals surface area contributed by atoms with Gasteiger partial charge >= 0.3 is 0 Å². The molecule has 0 saturated carbocycles. The molecule has 0 spiro atoms. The largest absolute Gasteiger partial charge is 0.456 e. The van der Waals surface area contributed by atoms with E-state index in [2.05, 4.69) is 194 Å². The molecule has 0 amide bonds. The van der Waals surface area contributed by atoms with Crippen molar-refractivity contribution in [1.82, 2.24) is 0 Å². The summed E-state index contributed by atoms with van der Waals surface area (Å²) >= 11 is 1.84. The zero-order valence-electron chi connectivity index (χ0n) is 31.7. The Morgan fingerprint density at radius 3 is 1.68 bits per heavy atom. The molecular formula is C56H32O2S. The topological polar surface area (TPSA) is 26.3 Å². The zero-order chi connectivity index (χ0) is 38.6. The van der Waals surface area contributed by atoms with Crippen molar-refractivity contribution < 1.29 is 8.83 Å². The summed E-state index contributed by atoms with van der Waals surface area (Å²) in [7, 11) is 0. The molecule has 0 unspecified atom stereocenters. The van der Waals surface area contributed by atoms with E-state index < -0.39 is 0 Å². The van der Waals surface area contributed by atoms with Crippen LogP contribution in [0.25, 0.3) is 130 Å². The van der Waals surface area contributed by atoms with Crippen LogP contribution in [0.2, 0.25) is 0 Å². The molecule has 274 valence electrons. The van der Waals surface area contributed by atoms with Crippen LogP contribution in [-0.2, 0) is 0 Å². The van der Waals surface area contributed by atoms with Crippen LogP contribution < -0.4 is 0 Å². The van der Waals surface area contributed by atoms with Gasteiger partial charge in [0.1, 0.15) is 22.3 Å². The van der Waals surface area contributed by atoms with Crippen molar-refractivity contribution in [2.45, 2.75) is 0 Å². The first-order valence-corrected chi connectivity index (χ1v) is 20.9. The number of hydrogen-bond donors (Lipinski definition) is 0. The highest BCUT2D eigenvalue weighted by molar-refractivity contribution is 7.23. The number of rotatable bonds is 4. The maximum Gasteiger partial charge on any atom is 0.144 e. The van der Waals surface area contributed by atoms with Crippen molar-refractivity contribution in [3.8, 4) is 43.8 Å². The summed E-state index contributed by atoms with van der Waals surface area (Å²) in [5, 5.41) is 12.9. The fourth-order valence-electron chi connectivity index (χ4n) is 9.70. The van der Waals surface area contributed by atoms with Crippen LogP contribution in [0.1, 0.15) is 0 Å². The van der Waals surface area contributed by atoms with E-state index in [1.807, 2.05) is 11.3 Å². The van der Waals surface area contributed by atoms with Crippen LogP contribution in [0.5, 0.6) is 0 Å². The van der Waals surface area contributed by atoms with Crippen molar-refractivity contribution in [3.63, 3.8) is 0 Å². The van der Waals surface area contributed by atoms with Gasteiger partial charge in [0.25, 0.3) is 0 Å². The van der Waals surface area contributed by atoms with Gasteiger partial charge in [0.15, 0.2) is 0 Å². The van der Waals surface area contributed by atoms with Crippen LogP contribution in [0.4, 0.5) is 0 Å². The first-order valence-electron chi connectivity index (χ1n) is 20.1. The van der Waals surface area contributed by atoms with Gasteiger partial charge in [0.05, 0.1) is 0 Å². The lowest BCUT2D eigenvalue weighted by molar-refractivity contribution is 0.669. The van der Waals surface area contributed by atoms with Crippen LogP contribution in [0.3, 0.4) is 0 Å². The Balaban J connectivity index is 1.09. The molecule has 0 radical (unpaired) electrons. The van der Waals surface area contributed by atoms with Crippen molar-refractivity contribution in [3.05, 3.63) is 194 Å². The van der Waals surface area contributed by atoms with Gasteiger partial charge in [-0.3, -0.25) is 0 Å². The second kappa shape index (κ2) is 12.5. The minimum Gasteiger partial charge on any atom is -0.456 e. The van der Waals surface area contributed by atoms with E-state index in [0.29, 0.717) is 0 Å². The summed E-state index contributed by atoms with van der Waals surface area (Å²) in [6.45, 7) is 0. The van der Waals surface area contributed by atoms with Gasteiger partial charge in [-0.15, -0.1) is 11.3 Å². The Labute approximate surface area is 342 Å². The smallest absolute Gasteiger partial charge is 0.144 e. The second-order valence-corrected chi connectivity index (χ2v) is 16.5. The van der Waals surface area contributed by atoms with Crippen LogP contribution in [0, 0.1) is 0 Å². The molecule has 13 rings (SSSR count). The standard InChI is InChI=1S/C56H32O2S/c1-3-14-33(15-4-1)51-54-49(59-56(51)34-16-5-2-6-17-34)29-27-43-53-42(24-13-25-47(53)58-55(43)54)52-40-22-11-9-20-38(40)50(39-21-10-12-23-41(39)52)37-26-28-46-44(31-37)45-30-35-18-7-8-19-36(35)32-48(45)57-46/h1-32H. The minimum atomic E-state index is 0.888. The third-order valence-electron chi connectivity index (χ3n) is 12.2. The fourth-order valence-corrected chi connectivity index (χ4v) is 10.9. The van der Waals surface area contributed by atoms with E-state index in [-0.39, 0.29) is 0 Å². The highest BCUT2D eigenvalue weighted by atomic mass is 32.1. The highest BCUT2D eigenvalue weighted by Crippen LogP contribution is 2.52. The first kappa shape index (κ1) is 32.6.